The van der Waals surface area contributed by atoms with E-state index in [9.17, 15) is 13.2 Å². The van der Waals surface area contributed by atoms with Crippen molar-refractivity contribution >= 4 is 43.1 Å². The van der Waals surface area contributed by atoms with Gasteiger partial charge in [-0.25, -0.2) is 18.4 Å². The highest BCUT2D eigenvalue weighted by Gasteiger charge is 2.28. The summed E-state index contributed by atoms with van der Waals surface area (Å²) in [6, 6.07) is 7.65. The quantitative estimate of drug-likeness (QED) is 0.561. The number of methoxy groups -OCH3 is 1. The smallest absolute Gasteiger partial charge is 0.264 e. The van der Waals surface area contributed by atoms with E-state index in [2.05, 4.69) is 15.3 Å². The van der Waals surface area contributed by atoms with Gasteiger partial charge in [0.2, 0.25) is 0 Å². The number of anilines is 1. The largest absolute Gasteiger partial charge is 0.497 e. The SMILES string of the molecule is COc1cccc(CN(C)C(=O)c2sc3ncnc(NC[C@H]4CCS(=O)(=O)C4)c3c2C)c1. The lowest BCUT2D eigenvalue weighted by Crippen LogP contribution is -2.26. The van der Waals surface area contributed by atoms with Crippen molar-refractivity contribution in [2.24, 2.45) is 5.92 Å². The Labute approximate surface area is 191 Å². The highest BCUT2D eigenvalue weighted by Crippen LogP contribution is 2.34. The molecule has 1 aliphatic rings. The van der Waals surface area contributed by atoms with Gasteiger partial charge in [0.1, 0.15) is 22.7 Å². The Morgan fingerprint density at radius 2 is 2.16 bits per heavy atom. The van der Waals surface area contributed by atoms with Crippen LogP contribution in [0.2, 0.25) is 0 Å². The summed E-state index contributed by atoms with van der Waals surface area (Å²) in [5, 5.41) is 4.11. The second-order valence-electron chi connectivity index (χ2n) is 8.12. The van der Waals surface area contributed by atoms with Crippen LogP contribution in [0, 0.1) is 12.8 Å². The van der Waals surface area contributed by atoms with Crippen molar-refractivity contribution < 1.29 is 17.9 Å². The molecule has 3 heterocycles. The number of nitrogens with one attached hydrogen (secondary N) is 1. The van der Waals surface area contributed by atoms with E-state index >= 15 is 0 Å². The lowest BCUT2D eigenvalue weighted by atomic mass is 10.1. The van der Waals surface area contributed by atoms with E-state index in [1.807, 2.05) is 31.2 Å². The van der Waals surface area contributed by atoms with Gasteiger partial charge in [0, 0.05) is 20.1 Å². The summed E-state index contributed by atoms with van der Waals surface area (Å²) in [6.07, 6.45) is 2.13. The predicted octanol–water partition coefficient (Wildman–Crippen LogP) is 3.13. The summed E-state index contributed by atoms with van der Waals surface area (Å²) < 4.78 is 28.7. The van der Waals surface area contributed by atoms with Crippen LogP contribution in [-0.2, 0) is 16.4 Å². The molecule has 1 aliphatic heterocycles. The van der Waals surface area contributed by atoms with Crippen molar-refractivity contribution in [2.75, 3.05) is 37.5 Å². The zero-order valence-electron chi connectivity index (χ0n) is 18.3. The Morgan fingerprint density at radius 3 is 2.88 bits per heavy atom. The Balaban J connectivity index is 1.53. The molecule has 0 saturated carbocycles. The first-order valence-corrected chi connectivity index (χ1v) is 13.0. The van der Waals surface area contributed by atoms with E-state index in [4.69, 9.17) is 4.74 Å². The molecular weight excluding hydrogens is 448 g/mol. The minimum atomic E-state index is -2.93. The third-order valence-corrected chi connectivity index (χ3v) is 8.73. The Kier molecular flexibility index (Phi) is 6.34. The Morgan fingerprint density at radius 1 is 1.34 bits per heavy atom. The number of rotatable bonds is 7. The molecule has 0 bridgehead atoms. The lowest BCUT2D eigenvalue weighted by Gasteiger charge is -2.17. The molecule has 10 heteroatoms. The standard InChI is InChI=1S/C22H26N4O4S2/c1-14-18-20(23-10-16-7-8-32(28,29)12-16)24-13-25-21(18)31-19(14)22(27)26(2)11-15-5-4-6-17(9-15)30-3/h4-6,9,13,16H,7-8,10-12H2,1-3H3,(H,23,24,25)/t16-/m1/s1. The first-order chi connectivity index (χ1) is 15.3. The van der Waals surface area contributed by atoms with Gasteiger partial charge in [-0.2, -0.15) is 0 Å². The van der Waals surface area contributed by atoms with Gasteiger partial charge in [0.15, 0.2) is 9.84 Å². The molecule has 8 nitrogen and oxygen atoms in total. The molecule has 1 aromatic carbocycles. The molecule has 1 fully saturated rings. The number of hydrogen-bond donors (Lipinski definition) is 1. The maximum atomic E-state index is 13.2. The first-order valence-electron chi connectivity index (χ1n) is 10.3. The number of sulfone groups is 1. The summed E-state index contributed by atoms with van der Waals surface area (Å²) in [5.41, 5.74) is 1.81. The third kappa shape index (κ3) is 4.71. The van der Waals surface area contributed by atoms with Crippen LogP contribution < -0.4 is 10.1 Å². The van der Waals surface area contributed by atoms with Crippen LogP contribution in [0.4, 0.5) is 5.82 Å². The molecule has 0 radical (unpaired) electrons. The van der Waals surface area contributed by atoms with E-state index in [1.54, 1.807) is 19.1 Å². The van der Waals surface area contributed by atoms with Crippen LogP contribution in [0.5, 0.6) is 5.75 Å². The number of fused-ring (bicyclic) bond motifs is 1. The fourth-order valence-electron chi connectivity index (χ4n) is 3.97. The number of hydrogen-bond acceptors (Lipinski definition) is 8. The van der Waals surface area contributed by atoms with Gasteiger partial charge >= 0.3 is 0 Å². The van der Waals surface area contributed by atoms with Crippen molar-refractivity contribution in [1.82, 2.24) is 14.9 Å². The van der Waals surface area contributed by atoms with E-state index in [0.717, 1.165) is 27.1 Å². The maximum absolute atomic E-state index is 13.2. The molecule has 1 saturated heterocycles. The molecule has 0 aliphatic carbocycles. The van der Waals surface area contributed by atoms with Gasteiger partial charge < -0.3 is 15.0 Å². The number of carbonyl (C=O) groups excluding carboxylic acids is 1. The van der Waals surface area contributed by atoms with Gasteiger partial charge in [0.05, 0.1) is 28.9 Å². The van der Waals surface area contributed by atoms with Crippen molar-refractivity contribution in [3.8, 4) is 5.75 Å². The van der Waals surface area contributed by atoms with Crippen LogP contribution in [0.1, 0.15) is 27.2 Å². The second-order valence-corrected chi connectivity index (χ2v) is 11.3. The topological polar surface area (TPSA) is 101 Å². The van der Waals surface area contributed by atoms with E-state index < -0.39 is 9.84 Å². The van der Waals surface area contributed by atoms with E-state index in [1.165, 1.54) is 17.7 Å². The van der Waals surface area contributed by atoms with E-state index in [-0.39, 0.29) is 23.3 Å². The molecule has 1 atom stereocenters. The molecule has 170 valence electrons. The van der Waals surface area contributed by atoms with Gasteiger partial charge in [-0.3, -0.25) is 4.79 Å². The lowest BCUT2D eigenvalue weighted by molar-refractivity contribution is 0.0789. The number of ether oxygens (including phenoxy) is 1. The molecule has 1 N–H and O–H groups in total. The normalized spacial score (nSPS) is 17.4. The number of benzene rings is 1. The van der Waals surface area contributed by atoms with E-state index in [0.29, 0.717) is 30.2 Å². The second kappa shape index (κ2) is 9.03. The predicted molar refractivity (Wildman–Crippen MR) is 126 cm³/mol. The van der Waals surface area contributed by atoms with Crippen LogP contribution in [0.15, 0.2) is 30.6 Å². The molecule has 1 amide bonds. The Bertz CT molecular complexity index is 1260. The van der Waals surface area contributed by atoms with Crippen molar-refractivity contribution in [3.05, 3.63) is 46.6 Å². The molecule has 0 spiro atoms. The Hall–Kier alpha value is -2.72. The van der Waals surface area contributed by atoms with Gasteiger partial charge in [-0.1, -0.05) is 12.1 Å². The zero-order chi connectivity index (χ0) is 22.9. The average Bonchev–Trinajstić information content (AvgIpc) is 3.30. The van der Waals surface area contributed by atoms with Crippen LogP contribution in [-0.4, -0.2) is 61.4 Å². The number of aryl methyl sites for hydroxylation is 1. The minimum absolute atomic E-state index is 0.0686. The van der Waals surface area contributed by atoms with Crippen LogP contribution in [0.3, 0.4) is 0 Å². The number of carbonyl (C=O) groups is 1. The summed E-state index contributed by atoms with van der Waals surface area (Å²) in [5.74, 6) is 1.83. The molecule has 4 rings (SSSR count). The molecule has 2 aromatic heterocycles. The highest BCUT2D eigenvalue weighted by atomic mass is 32.2. The monoisotopic (exact) mass is 474 g/mol. The number of thiophene rings is 1. The van der Waals surface area contributed by atoms with Gasteiger partial charge in [-0.15, -0.1) is 11.3 Å². The molecule has 32 heavy (non-hydrogen) atoms. The fourth-order valence-corrected chi connectivity index (χ4v) is 6.98. The van der Waals surface area contributed by atoms with Gasteiger partial charge in [0.25, 0.3) is 5.91 Å². The average molecular weight is 475 g/mol. The van der Waals surface area contributed by atoms with Crippen molar-refractivity contribution in [1.29, 1.82) is 0 Å². The number of aromatic nitrogens is 2. The van der Waals surface area contributed by atoms with Crippen LogP contribution in [0.25, 0.3) is 10.2 Å². The third-order valence-electron chi connectivity index (χ3n) is 5.71. The number of nitrogens with zero attached hydrogens (tertiary/aromatic N) is 3. The summed E-state index contributed by atoms with van der Waals surface area (Å²) >= 11 is 1.35. The highest BCUT2D eigenvalue weighted by molar-refractivity contribution is 7.91. The summed E-state index contributed by atoms with van der Waals surface area (Å²) in [7, 11) is 0.466. The maximum Gasteiger partial charge on any atom is 0.264 e. The van der Waals surface area contributed by atoms with Crippen molar-refractivity contribution in [3.63, 3.8) is 0 Å². The zero-order valence-corrected chi connectivity index (χ0v) is 19.9. The summed E-state index contributed by atoms with van der Waals surface area (Å²) in [4.78, 5) is 25.0. The van der Waals surface area contributed by atoms with Gasteiger partial charge in [-0.05, 0) is 42.5 Å². The summed E-state index contributed by atoms with van der Waals surface area (Å²) in [6.45, 7) is 2.89. The molecule has 3 aromatic rings. The fraction of sp³-hybridized carbons (Fsp3) is 0.409. The first kappa shape index (κ1) is 22.5. The van der Waals surface area contributed by atoms with Crippen molar-refractivity contribution in [2.45, 2.75) is 19.9 Å². The minimum Gasteiger partial charge on any atom is -0.497 e. The molecule has 0 unspecified atom stereocenters. The molecular formula is C22H26N4O4S2. The van der Waals surface area contributed by atoms with Crippen LogP contribution >= 0.6 is 11.3 Å². The number of amides is 1.